The topological polar surface area (TPSA) is 50.2 Å². The van der Waals surface area contributed by atoms with Gasteiger partial charge in [-0.15, -0.1) is 0 Å². The van der Waals surface area contributed by atoms with E-state index in [4.69, 9.17) is 15.0 Å². The Labute approximate surface area is 156 Å². The van der Waals surface area contributed by atoms with Crippen LogP contribution in [-0.4, -0.2) is 21.8 Å². The SMILES string of the molecule is CCc1cc(NC2=NC(CC)C(C)=C2)nc(C(C)(C)c2ccccc2)n1. The van der Waals surface area contributed by atoms with Crippen molar-refractivity contribution >= 4 is 11.7 Å². The largest absolute Gasteiger partial charge is 0.325 e. The van der Waals surface area contributed by atoms with Crippen LogP contribution < -0.4 is 5.32 Å². The molecule has 0 saturated heterocycles. The second kappa shape index (κ2) is 7.40. The summed E-state index contributed by atoms with van der Waals surface area (Å²) in [4.78, 5) is 14.4. The van der Waals surface area contributed by atoms with Gasteiger partial charge in [0.05, 0.1) is 6.04 Å². The number of aryl methyl sites for hydroxylation is 1. The molecule has 1 atom stereocenters. The van der Waals surface area contributed by atoms with Crippen LogP contribution in [0.4, 0.5) is 5.82 Å². The van der Waals surface area contributed by atoms with E-state index in [2.05, 4.69) is 70.3 Å². The van der Waals surface area contributed by atoms with Crippen molar-refractivity contribution in [2.75, 3.05) is 5.32 Å². The minimum atomic E-state index is -0.266. The molecule has 0 aliphatic carbocycles. The summed E-state index contributed by atoms with van der Waals surface area (Å²) < 4.78 is 0. The molecule has 0 amide bonds. The summed E-state index contributed by atoms with van der Waals surface area (Å²) in [6.07, 6.45) is 4.00. The molecule has 2 heterocycles. The highest BCUT2D eigenvalue weighted by atomic mass is 15.1. The number of nitrogens with one attached hydrogen (secondary N) is 1. The lowest BCUT2D eigenvalue weighted by Gasteiger charge is -2.24. The molecular weight excluding hydrogens is 320 g/mol. The molecule has 0 bridgehead atoms. The van der Waals surface area contributed by atoms with E-state index in [1.165, 1.54) is 11.1 Å². The van der Waals surface area contributed by atoms with Gasteiger partial charge in [-0.25, -0.2) is 9.97 Å². The molecule has 1 aromatic heterocycles. The molecule has 1 N–H and O–H groups in total. The fourth-order valence-corrected chi connectivity index (χ4v) is 3.24. The quantitative estimate of drug-likeness (QED) is 0.835. The van der Waals surface area contributed by atoms with E-state index in [0.717, 1.165) is 36.0 Å². The molecular formula is C22H28N4. The van der Waals surface area contributed by atoms with Gasteiger partial charge in [-0.2, -0.15) is 0 Å². The van der Waals surface area contributed by atoms with Gasteiger partial charge in [-0.05, 0) is 50.8 Å². The molecule has 1 unspecified atom stereocenters. The maximum Gasteiger partial charge on any atom is 0.140 e. The molecule has 4 heteroatoms. The van der Waals surface area contributed by atoms with Gasteiger partial charge in [0, 0.05) is 17.2 Å². The first-order valence-corrected chi connectivity index (χ1v) is 9.41. The summed E-state index contributed by atoms with van der Waals surface area (Å²) in [5, 5.41) is 3.40. The van der Waals surface area contributed by atoms with Gasteiger partial charge in [0.25, 0.3) is 0 Å². The Morgan fingerprint density at radius 3 is 2.42 bits per heavy atom. The van der Waals surface area contributed by atoms with Crippen molar-refractivity contribution in [2.24, 2.45) is 4.99 Å². The van der Waals surface area contributed by atoms with Gasteiger partial charge >= 0.3 is 0 Å². The zero-order valence-corrected chi connectivity index (χ0v) is 16.4. The molecule has 26 heavy (non-hydrogen) atoms. The van der Waals surface area contributed by atoms with Gasteiger partial charge in [0.15, 0.2) is 0 Å². The Bertz CT molecular complexity index is 834. The molecule has 0 saturated carbocycles. The number of benzene rings is 1. The highest BCUT2D eigenvalue weighted by Crippen LogP contribution is 2.30. The monoisotopic (exact) mass is 348 g/mol. The zero-order chi connectivity index (χ0) is 18.7. The van der Waals surface area contributed by atoms with E-state index >= 15 is 0 Å². The van der Waals surface area contributed by atoms with Crippen molar-refractivity contribution in [1.82, 2.24) is 9.97 Å². The number of aromatic nitrogens is 2. The third-order valence-electron chi connectivity index (χ3n) is 5.02. The molecule has 0 fully saturated rings. The Balaban J connectivity index is 1.95. The summed E-state index contributed by atoms with van der Waals surface area (Å²) in [7, 11) is 0. The first kappa shape index (κ1) is 18.3. The number of nitrogens with zero attached hydrogens (tertiary/aromatic N) is 3. The molecule has 1 aromatic carbocycles. The summed E-state index contributed by atoms with van der Waals surface area (Å²) >= 11 is 0. The third kappa shape index (κ3) is 3.69. The summed E-state index contributed by atoms with van der Waals surface area (Å²) in [5.74, 6) is 2.53. The molecule has 3 rings (SSSR count). The molecule has 1 aliphatic heterocycles. The molecule has 0 radical (unpaired) electrons. The summed E-state index contributed by atoms with van der Waals surface area (Å²) in [6.45, 7) is 10.8. The fourth-order valence-electron chi connectivity index (χ4n) is 3.24. The number of hydrogen-bond donors (Lipinski definition) is 1. The average Bonchev–Trinajstić information content (AvgIpc) is 3.01. The minimum absolute atomic E-state index is 0.266. The molecule has 0 spiro atoms. The van der Waals surface area contributed by atoms with Crippen molar-refractivity contribution in [3.63, 3.8) is 0 Å². The van der Waals surface area contributed by atoms with Crippen molar-refractivity contribution < 1.29 is 0 Å². The maximum atomic E-state index is 4.84. The van der Waals surface area contributed by atoms with Crippen molar-refractivity contribution in [1.29, 1.82) is 0 Å². The van der Waals surface area contributed by atoms with Crippen LogP contribution in [0.25, 0.3) is 0 Å². The average molecular weight is 348 g/mol. The number of hydrogen-bond acceptors (Lipinski definition) is 4. The molecule has 2 aromatic rings. The van der Waals surface area contributed by atoms with E-state index in [9.17, 15) is 0 Å². The van der Waals surface area contributed by atoms with Crippen molar-refractivity contribution in [3.8, 4) is 0 Å². The van der Waals surface area contributed by atoms with Crippen LogP contribution in [0.1, 0.15) is 58.1 Å². The Kier molecular flexibility index (Phi) is 5.21. The van der Waals surface area contributed by atoms with Crippen molar-refractivity contribution in [2.45, 2.75) is 58.9 Å². The normalized spacial score (nSPS) is 17.0. The van der Waals surface area contributed by atoms with E-state index in [0.29, 0.717) is 0 Å². The van der Waals surface area contributed by atoms with Crippen LogP contribution >= 0.6 is 0 Å². The van der Waals surface area contributed by atoms with E-state index in [-0.39, 0.29) is 11.5 Å². The summed E-state index contributed by atoms with van der Waals surface area (Å²) in [6, 6.07) is 12.7. The van der Waals surface area contributed by atoms with Gasteiger partial charge in [-0.3, -0.25) is 4.99 Å². The predicted octanol–water partition coefficient (Wildman–Crippen LogP) is 4.91. The van der Waals surface area contributed by atoms with Gasteiger partial charge in [-0.1, -0.05) is 44.2 Å². The Morgan fingerprint density at radius 2 is 1.81 bits per heavy atom. The van der Waals surface area contributed by atoms with Crippen LogP contribution in [0.2, 0.25) is 0 Å². The first-order valence-electron chi connectivity index (χ1n) is 9.41. The number of aliphatic imine (C=N–C) groups is 1. The second-order valence-electron chi connectivity index (χ2n) is 7.36. The number of rotatable bonds is 5. The first-order chi connectivity index (χ1) is 12.4. The van der Waals surface area contributed by atoms with Gasteiger partial charge in [0.2, 0.25) is 0 Å². The number of anilines is 1. The Hall–Kier alpha value is -2.49. The van der Waals surface area contributed by atoms with E-state index in [1.54, 1.807) is 0 Å². The maximum absolute atomic E-state index is 4.84. The van der Waals surface area contributed by atoms with E-state index in [1.807, 2.05) is 12.1 Å². The van der Waals surface area contributed by atoms with Crippen molar-refractivity contribution in [3.05, 3.63) is 65.1 Å². The smallest absolute Gasteiger partial charge is 0.140 e. The molecule has 136 valence electrons. The van der Waals surface area contributed by atoms with Crippen LogP contribution in [0.15, 0.2) is 53.0 Å². The lowest BCUT2D eigenvalue weighted by atomic mass is 9.83. The highest BCUT2D eigenvalue weighted by molar-refractivity contribution is 6.05. The molecule has 1 aliphatic rings. The van der Waals surface area contributed by atoms with Crippen LogP contribution in [0, 0.1) is 0 Å². The zero-order valence-electron chi connectivity index (χ0n) is 16.4. The fraction of sp³-hybridized carbons (Fsp3) is 0.409. The van der Waals surface area contributed by atoms with Crippen LogP contribution in [0.3, 0.4) is 0 Å². The third-order valence-corrected chi connectivity index (χ3v) is 5.02. The Morgan fingerprint density at radius 1 is 1.08 bits per heavy atom. The predicted molar refractivity (Wildman–Crippen MR) is 109 cm³/mol. The lowest BCUT2D eigenvalue weighted by Crippen LogP contribution is -2.24. The summed E-state index contributed by atoms with van der Waals surface area (Å²) in [5.41, 5.74) is 3.27. The number of amidine groups is 1. The van der Waals surface area contributed by atoms with Gasteiger partial charge in [0.1, 0.15) is 17.5 Å². The second-order valence-corrected chi connectivity index (χ2v) is 7.36. The van der Waals surface area contributed by atoms with E-state index < -0.39 is 0 Å². The lowest BCUT2D eigenvalue weighted by molar-refractivity contribution is 0.586. The van der Waals surface area contributed by atoms with Crippen LogP contribution in [-0.2, 0) is 11.8 Å². The van der Waals surface area contributed by atoms with Gasteiger partial charge < -0.3 is 5.32 Å². The minimum Gasteiger partial charge on any atom is -0.325 e. The standard InChI is InChI=1S/C22H28N4/c1-6-17-14-20(25-19-13-15(3)18(7-2)24-19)26-21(23-17)22(4,5)16-11-9-8-10-12-16/h8-14,18H,6-7H2,1-5H3,(H,23,24,25,26). The molecule has 4 nitrogen and oxygen atoms in total. The van der Waals surface area contributed by atoms with Crippen LogP contribution in [0.5, 0.6) is 0 Å². The highest BCUT2D eigenvalue weighted by Gasteiger charge is 2.27.